The zero-order valence-corrected chi connectivity index (χ0v) is 17.4. The van der Waals surface area contributed by atoms with Crippen molar-refractivity contribution in [1.82, 2.24) is 4.90 Å². The second kappa shape index (κ2) is 7.74. The van der Waals surface area contributed by atoms with E-state index in [9.17, 15) is 8.42 Å². The molecule has 30 heavy (non-hydrogen) atoms. The van der Waals surface area contributed by atoms with Crippen molar-refractivity contribution in [1.29, 1.82) is 0 Å². The summed E-state index contributed by atoms with van der Waals surface area (Å²) >= 11 is 0. The van der Waals surface area contributed by atoms with E-state index in [1.807, 2.05) is 18.2 Å². The quantitative estimate of drug-likeness (QED) is 0.465. The molecule has 0 saturated carbocycles. The molecule has 4 aromatic rings. The Morgan fingerprint density at radius 2 is 1.60 bits per heavy atom. The summed E-state index contributed by atoms with van der Waals surface area (Å²) in [6.07, 6.45) is 1.93. The molecular formula is C25H23NO3S. The second-order valence-corrected chi connectivity index (χ2v) is 9.69. The fourth-order valence-corrected chi connectivity index (χ4v) is 5.46. The molecule has 5 rings (SSSR count). The first-order chi connectivity index (χ1) is 14.6. The number of benzene rings is 3. The third-order valence-corrected chi connectivity index (χ3v) is 7.58. The minimum absolute atomic E-state index is 0.272. The Morgan fingerprint density at radius 1 is 0.867 bits per heavy atom. The van der Waals surface area contributed by atoms with Crippen LogP contribution in [0.25, 0.3) is 11.0 Å². The van der Waals surface area contributed by atoms with Crippen LogP contribution >= 0.6 is 0 Å². The van der Waals surface area contributed by atoms with Crippen LogP contribution < -0.4 is 0 Å². The van der Waals surface area contributed by atoms with Crippen LogP contribution in [0.2, 0.25) is 0 Å². The van der Waals surface area contributed by atoms with Crippen molar-refractivity contribution in [3.05, 3.63) is 95.7 Å². The molecule has 5 heteroatoms. The maximum absolute atomic E-state index is 12.9. The second-order valence-electron chi connectivity index (χ2n) is 7.74. The molecule has 0 atom stereocenters. The fourth-order valence-electron chi connectivity index (χ4n) is 4.16. The Labute approximate surface area is 176 Å². The molecule has 1 aliphatic rings. The first-order valence-corrected chi connectivity index (χ1v) is 11.7. The van der Waals surface area contributed by atoms with Gasteiger partial charge in [0, 0.05) is 30.1 Å². The molecule has 1 aromatic heterocycles. The van der Waals surface area contributed by atoms with E-state index in [1.54, 1.807) is 36.4 Å². The van der Waals surface area contributed by atoms with Crippen LogP contribution in [0.5, 0.6) is 0 Å². The number of fused-ring (bicyclic) bond motifs is 3. The summed E-state index contributed by atoms with van der Waals surface area (Å²) in [5, 5.41) is 1.03. The molecule has 0 bridgehead atoms. The topological polar surface area (TPSA) is 50.5 Å². The molecular weight excluding hydrogens is 394 g/mol. The predicted molar refractivity (Wildman–Crippen MR) is 117 cm³/mol. The summed E-state index contributed by atoms with van der Waals surface area (Å²) < 4.78 is 32.0. The first kappa shape index (κ1) is 19.1. The molecule has 4 nitrogen and oxygen atoms in total. The standard InChI is InChI=1S/C25H23NO3S/c27-30(28,20-9-5-2-6-10-20)21-11-12-22-23-14-16-26(18-25(23)29-24(22)17-21)15-13-19-7-3-1-4-8-19/h1-12,17H,13-16,18H2. The van der Waals surface area contributed by atoms with E-state index in [1.165, 1.54) is 11.1 Å². The van der Waals surface area contributed by atoms with E-state index in [0.717, 1.165) is 43.6 Å². The lowest BCUT2D eigenvalue weighted by molar-refractivity contribution is 0.234. The summed E-state index contributed by atoms with van der Waals surface area (Å²) in [5.74, 6) is 0.957. The highest BCUT2D eigenvalue weighted by atomic mass is 32.2. The molecule has 0 saturated heterocycles. The highest BCUT2D eigenvalue weighted by molar-refractivity contribution is 7.91. The van der Waals surface area contributed by atoms with Crippen LogP contribution in [0.3, 0.4) is 0 Å². The lowest BCUT2D eigenvalue weighted by atomic mass is 10.0. The molecule has 1 aliphatic heterocycles. The highest BCUT2D eigenvalue weighted by Gasteiger charge is 2.24. The van der Waals surface area contributed by atoms with Crippen molar-refractivity contribution in [2.75, 3.05) is 13.1 Å². The van der Waals surface area contributed by atoms with E-state index in [0.29, 0.717) is 10.5 Å². The van der Waals surface area contributed by atoms with Gasteiger partial charge in [0.2, 0.25) is 9.84 Å². The average molecular weight is 418 g/mol. The molecule has 2 heterocycles. The number of hydrogen-bond donors (Lipinski definition) is 0. The van der Waals surface area contributed by atoms with Crippen molar-refractivity contribution in [3.8, 4) is 0 Å². The molecule has 0 radical (unpaired) electrons. The lowest BCUT2D eigenvalue weighted by Gasteiger charge is -2.25. The van der Waals surface area contributed by atoms with E-state index < -0.39 is 9.84 Å². The number of sulfone groups is 1. The van der Waals surface area contributed by atoms with E-state index in [4.69, 9.17) is 4.42 Å². The van der Waals surface area contributed by atoms with Crippen LogP contribution in [-0.4, -0.2) is 26.4 Å². The van der Waals surface area contributed by atoms with Gasteiger partial charge in [-0.2, -0.15) is 0 Å². The maximum atomic E-state index is 12.9. The zero-order chi connectivity index (χ0) is 20.6. The molecule has 152 valence electrons. The van der Waals surface area contributed by atoms with Gasteiger partial charge in [0.15, 0.2) is 0 Å². The van der Waals surface area contributed by atoms with Gasteiger partial charge in [0.25, 0.3) is 0 Å². The first-order valence-electron chi connectivity index (χ1n) is 10.2. The Kier molecular flexibility index (Phi) is 4.93. The summed E-state index contributed by atoms with van der Waals surface area (Å²) in [5.41, 5.74) is 3.20. The van der Waals surface area contributed by atoms with Gasteiger partial charge in [-0.25, -0.2) is 8.42 Å². The van der Waals surface area contributed by atoms with Crippen LogP contribution in [0.15, 0.2) is 93.1 Å². The zero-order valence-electron chi connectivity index (χ0n) is 16.6. The minimum Gasteiger partial charge on any atom is -0.459 e. The maximum Gasteiger partial charge on any atom is 0.206 e. The van der Waals surface area contributed by atoms with Gasteiger partial charge in [0.05, 0.1) is 16.3 Å². The SMILES string of the molecule is O=S(=O)(c1ccccc1)c1ccc2c3c(oc2c1)CN(CCc1ccccc1)CC3. The lowest BCUT2D eigenvalue weighted by Crippen LogP contribution is -2.31. The van der Waals surface area contributed by atoms with Gasteiger partial charge in [-0.15, -0.1) is 0 Å². The van der Waals surface area contributed by atoms with Crippen molar-refractivity contribution in [3.63, 3.8) is 0 Å². The van der Waals surface area contributed by atoms with Crippen molar-refractivity contribution < 1.29 is 12.8 Å². The highest BCUT2D eigenvalue weighted by Crippen LogP contribution is 2.33. The summed E-state index contributed by atoms with van der Waals surface area (Å²) in [6, 6.07) is 24.3. The molecule has 0 unspecified atom stereocenters. The third-order valence-electron chi connectivity index (χ3n) is 5.82. The number of nitrogens with zero attached hydrogens (tertiary/aromatic N) is 1. The van der Waals surface area contributed by atoms with Crippen molar-refractivity contribution in [2.24, 2.45) is 0 Å². The van der Waals surface area contributed by atoms with E-state index >= 15 is 0 Å². The molecule has 0 aliphatic carbocycles. The fraction of sp³-hybridized carbons (Fsp3) is 0.200. The Hall–Kier alpha value is -2.89. The van der Waals surface area contributed by atoms with Gasteiger partial charge in [0.1, 0.15) is 11.3 Å². The average Bonchev–Trinajstić information content (AvgIpc) is 3.16. The summed E-state index contributed by atoms with van der Waals surface area (Å²) in [6.45, 7) is 2.73. The Bertz CT molecular complexity index is 1280. The minimum atomic E-state index is -3.55. The van der Waals surface area contributed by atoms with Crippen LogP contribution in [0.1, 0.15) is 16.9 Å². The molecule has 0 spiro atoms. The van der Waals surface area contributed by atoms with Gasteiger partial charge >= 0.3 is 0 Å². The van der Waals surface area contributed by atoms with Gasteiger partial charge in [-0.05, 0) is 42.7 Å². The number of hydrogen-bond acceptors (Lipinski definition) is 4. The molecule has 3 aromatic carbocycles. The summed E-state index contributed by atoms with van der Waals surface area (Å²) in [4.78, 5) is 2.97. The summed E-state index contributed by atoms with van der Waals surface area (Å²) in [7, 11) is -3.55. The molecule has 0 amide bonds. The predicted octanol–water partition coefficient (Wildman–Crippen LogP) is 4.87. The molecule has 0 fully saturated rings. The smallest absolute Gasteiger partial charge is 0.206 e. The largest absolute Gasteiger partial charge is 0.459 e. The van der Waals surface area contributed by atoms with Crippen LogP contribution in [0.4, 0.5) is 0 Å². The normalized spacial score (nSPS) is 14.7. The van der Waals surface area contributed by atoms with E-state index in [-0.39, 0.29) is 4.90 Å². The number of rotatable bonds is 5. The Morgan fingerprint density at radius 3 is 2.37 bits per heavy atom. The van der Waals surface area contributed by atoms with Crippen molar-refractivity contribution in [2.45, 2.75) is 29.2 Å². The Balaban J connectivity index is 1.39. The van der Waals surface area contributed by atoms with Crippen LogP contribution in [0, 0.1) is 0 Å². The van der Waals surface area contributed by atoms with Crippen molar-refractivity contribution >= 4 is 20.8 Å². The van der Waals surface area contributed by atoms with Gasteiger partial charge in [-0.1, -0.05) is 48.5 Å². The molecule has 0 N–H and O–H groups in total. The van der Waals surface area contributed by atoms with Gasteiger partial charge in [-0.3, -0.25) is 4.90 Å². The third kappa shape index (κ3) is 3.55. The number of furan rings is 1. The van der Waals surface area contributed by atoms with Crippen LogP contribution in [-0.2, 0) is 29.2 Å². The van der Waals surface area contributed by atoms with Gasteiger partial charge < -0.3 is 4.42 Å². The monoisotopic (exact) mass is 417 g/mol. The van der Waals surface area contributed by atoms with E-state index in [2.05, 4.69) is 29.2 Å².